The SMILES string of the molecule is O=C(c1cc(-c2ccccc2F)on1)N1CCS[C@H]2COCC[C@@H]21. The first-order valence-electron chi connectivity index (χ1n) is 7.96. The lowest BCUT2D eigenvalue weighted by atomic mass is 10.1. The van der Waals surface area contributed by atoms with Gasteiger partial charge in [-0.2, -0.15) is 11.8 Å². The second-order valence-corrected chi connectivity index (χ2v) is 7.24. The molecule has 24 heavy (non-hydrogen) atoms. The Bertz CT molecular complexity index is 749. The summed E-state index contributed by atoms with van der Waals surface area (Å²) >= 11 is 1.86. The van der Waals surface area contributed by atoms with Crippen LogP contribution in [0.4, 0.5) is 4.39 Å². The first kappa shape index (κ1) is 15.7. The molecular formula is C17H17FN2O3S. The lowest BCUT2D eigenvalue weighted by Gasteiger charge is -2.43. The van der Waals surface area contributed by atoms with Crippen molar-refractivity contribution in [3.8, 4) is 11.3 Å². The number of amides is 1. The van der Waals surface area contributed by atoms with Crippen LogP contribution in [0, 0.1) is 5.82 Å². The third-order valence-corrected chi connectivity index (χ3v) is 5.76. The van der Waals surface area contributed by atoms with E-state index in [-0.39, 0.29) is 23.4 Å². The molecule has 0 spiro atoms. The zero-order valence-electron chi connectivity index (χ0n) is 13.0. The van der Waals surface area contributed by atoms with E-state index in [1.807, 2.05) is 16.7 Å². The van der Waals surface area contributed by atoms with Crippen molar-refractivity contribution in [1.29, 1.82) is 0 Å². The van der Waals surface area contributed by atoms with Gasteiger partial charge in [-0.05, 0) is 18.6 Å². The Kier molecular flexibility index (Phi) is 4.28. The summed E-state index contributed by atoms with van der Waals surface area (Å²) in [6.07, 6.45) is 0.835. The maximum absolute atomic E-state index is 13.9. The second-order valence-electron chi connectivity index (χ2n) is 5.89. The number of thioether (sulfide) groups is 1. The van der Waals surface area contributed by atoms with Crippen molar-refractivity contribution in [1.82, 2.24) is 10.1 Å². The number of hydrogen-bond acceptors (Lipinski definition) is 5. The van der Waals surface area contributed by atoms with E-state index in [1.165, 1.54) is 12.1 Å². The van der Waals surface area contributed by atoms with Crippen molar-refractivity contribution in [3.05, 3.63) is 41.8 Å². The minimum absolute atomic E-state index is 0.154. The fourth-order valence-electron chi connectivity index (χ4n) is 3.25. The average Bonchev–Trinajstić information content (AvgIpc) is 3.11. The number of hydrogen-bond donors (Lipinski definition) is 0. The van der Waals surface area contributed by atoms with Gasteiger partial charge in [-0.1, -0.05) is 17.3 Å². The molecule has 0 N–H and O–H groups in total. The zero-order valence-corrected chi connectivity index (χ0v) is 13.8. The Morgan fingerprint density at radius 2 is 2.25 bits per heavy atom. The number of ether oxygens (including phenoxy) is 1. The molecule has 1 aromatic carbocycles. The van der Waals surface area contributed by atoms with Crippen LogP contribution in [0.25, 0.3) is 11.3 Å². The molecule has 0 saturated carbocycles. The van der Waals surface area contributed by atoms with Gasteiger partial charge in [0, 0.05) is 36.3 Å². The molecule has 0 unspecified atom stereocenters. The predicted octanol–water partition coefficient (Wildman–Crippen LogP) is 2.83. The molecule has 2 aliphatic heterocycles. The van der Waals surface area contributed by atoms with E-state index in [0.29, 0.717) is 30.6 Å². The number of aromatic nitrogens is 1. The summed E-state index contributed by atoms with van der Waals surface area (Å²) in [5.41, 5.74) is 0.535. The minimum Gasteiger partial charge on any atom is -0.380 e. The molecule has 1 amide bonds. The summed E-state index contributed by atoms with van der Waals surface area (Å²) in [6.45, 7) is 2.04. The number of carbonyl (C=O) groups is 1. The van der Waals surface area contributed by atoms with E-state index < -0.39 is 5.82 Å². The van der Waals surface area contributed by atoms with Crippen LogP contribution in [0.3, 0.4) is 0 Å². The number of benzene rings is 1. The molecular weight excluding hydrogens is 331 g/mol. The fraction of sp³-hybridized carbons (Fsp3) is 0.412. The molecule has 5 nitrogen and oxygen atoms in total. The molecule has 2 fully saturated rings. The van der Waals surface area contributed by atoms with Crippen molar-refractivity contribution >= 4 is 17.7 Å². The van der Waals surface area contributed by atoms with Crippen LogP contribution in [0.1, 0.15) is 16.9 Å². The van der Waals surface area contributed by atoms with Crippen LogP contribution < -0.4 is 0 Å². The number of rotatable bonds is 2. The van der Waals surface area contributed by atoms with Crippen molar-refractivity contribution < 1.29 is 18.4 Å². The van der Waals surface area contributed by atoms with Gasteiger partial charge in [-0.15, -0.1) is 0 Å². The van der Waals surface area contributed by atoms with Crippen LogP contribution >= 0.6 is 11.8 Å². The molecule has 2 aromatic rings. The van der Waals surface area contributed by atoms with Crippen molar-refractivity contribution in [3.63, 3.8) is 0 Å². The largest absolute Gasteiger partial charge is 0.380 e. The Balaban J connectivity index is 1.58. The van der Waals surface area contributed by atoms with Gasteiger partial charge in [0.05, 0.1) is 12.2 Å². The topological polar surface area (TPSA) is 55.6 Å². The first-order chi connectivity index (χ1) is 11.7. The van der Waals surface area contributed by atoms with E-state index in [2.05, 4.69) is 5.16 Å². The molecule has 3 heterocycles. The van der Waals surface area contributed by atoms with Gasteiger partial charge < -0.3 is 14.2 Å². The first-order valence-corrected chi connectivity index (χ1v) is 9.01. The van der Waals surface area contributed by atoms with E-state index in [9.17, 15) is 9.18 Å². The summed E-state index contributed by atoms with van der Waals surface area (Å²) in [6, 6.07) is 7.98. The van der Waals surface area contributed by atoms with Crippen molar-refractivity contribution in [2.45, 2.75) is 17.7 Å². The maximum atomic E-state index is 13.9. The highest BCUT2D eigenvalue weighted by Gasteiger charge is 2.38. The van der Waals surface area contributed by atoms with E-state index in [1.54, 1.807) is 18.2 Å². The third-order valence-electron chi connectivity index (χ3n) is 4.46. The smallest absolute Gasteiger partial charge is 0.276 e. The molecule has 1 aromatic heterocycles. The molecule has 2 aliphatic rings. The molecule has 7 heteroatoms. The number of fused-ring (bicyclic) bond motifs is 1. The molecule has 4 rings (SSSR count). The van der Waals surface area contributed by atoms with Gasteiger partial charge in [0.25, 0.3) is 5.91 Å². The summed E-state index contributed by atoms with van der Waals surface area (Å²) in [4.78, 5) is 14.7. The van der Waals surface area contributed by atoms with Crippen LogP contribution in [0.15, 0.2) is 34.9 Å². The standard InChI is InChI=1S/C17H17FN2O3S/c18-12-4-2-1-3-11(12)15-9-13(19-23-15)17(21)20-6-8-24-16-10-22-7-5-14(16)20/h1-4,9,14,16H,5-8,10H2/t14-,16-/m0/s1. The molecule has 2 atom stereocenters. The highest BCUT2D eigenvalue weighted by molar-refractivity contribution is 8.00. The summed E-state index contributed by atoms with van der Waals surface area (Å²) in [5.74, 6) is 0.602. The lowest BCUT2D eigenvalue weighted by molar-refractivity contribution is 0.0313. The zero-order chi connectivity index (χ0) is 16.5. The molecule has 126 valence electrons. The maximum Gasteiger partial charge on any atom is 0.276 e. The molecule has 0 aliphatic carbocycles. The van der Waals surface area contributed by atoms with E-state index in [4.69, 9.17) is 9.26 Å². The van der Waals surface area contributed by atoms with Gasteiger partial charge >= 0.3 is 0 Å². The Labute approximate surface area is 143 Å². The van der Waals surface area contributed by atoms with Crippen LogP contribution in [-0.2, 0) is 4.74 Å². The van der Waals surface area contributed by atoms with Crippen LogP contribution in [-0.4, -0.2) is 52.8 Å². The monoisotopic (exact) mass is 348 g/mol. The number of carbonyl (C=O) groups excluding carboxylic acids is 1. The Morgan fingerprint density at radius 1 is 1.38 bits per heavy atom. The summed E-state index contributed by atoms with van der Waals surface area (Å²) < 4.78 is 24.6. The molecule has 0 radical (unpaired) electrons. The summed E-state index contributed by atoms with van der Waals surface area (Å²) in [7, 11) is 0. The Hall–Kier alpha value is -1.86. The molecule has 2 saturated heterocycles. The predicted molar refractivity (Wildman–Crippen MR) is 88.4 cm³/mol. The second kappa shape index (κ2) is 6.57. The number of nitrogens with zero attached hydrogens (tertiary/aromatic N) is 2. The minimum atomic E-state index is -0.397. The van der Waals surface area contributed by atoms with Crippen molar-refractivity contribution in [2.24, 2.45) is 0 Å². The normalized spacial score (nSPS) is 23.8. The van der Waals surface area contributed by atoms with Gasteiger partial charge in [0.15, 0.2) is 11.5 Å². The van der Waals surface area contributed by atoms with Crippen LogP contribution in [0.5, 0.6) is 0 Å². The fourth-order valence-corrected chi connectivity index (χ4v) is 4.55. The summed E-state index contributed by atoms with van der Waals surface area (Å²) in [5, 5.41) is 4.19. The lowest BCUT2D eigenvalue weighted by Crippen LogP contribution is -2.54. The molecule has 0 bridgehead atoms. The quantitative estimate of drug-likeness (QED) is 0.835. The van der Waals surface area contributed by atoms with Gasteiger partial charge in [0.2, 0.25) is 0 Å². The Morgan fingerprint density at radius 3 is 3.12 bits per heavy atom. The van der Waals surface area contributed by atoms with Gasteiger partial charge in [-0.3, -0.25) is 4.79 Å². The number of halogens is 1. The van der Waals surface area contributed by atoms with E-state index >= 15 is 0 Å². The van der Waals surface area contributed by atoms with Gasteiger partial charge in [0.1, 0.15) is 5.82 Å². The van der Waals surface area contributed by atoms with E-state index in [0.717, 1.165) is 12.2 Å². The van der Waals surface area contributed by atoms with Crippen LogP contribution in [0.2, 0.25) is 0 Å². The third kappa shape index (κ3) is 2.82. The highest BCUT2D eigenvalue weighted by atomic mass is 32.2. The van der Waals surface area contributed by atoms with Crippen molar-refractivity contribution in [2.75, 3.05) is 25.5 Å². The highest BCUT2D eigenvalue weighted by Crippen LogP contribution is 2.31. The van der Waals surface area contributed by atoms with Gasteiger partial charge in [-0.25, -0.2) is 4.39 Å². The average molecular weight is 348 g/mol.